The van der Waals surface area contributed by atoms with Gasteiger partial charge in [-0.25, -0.2) is 0 Å². The van der Waals surface area contributed by atoms with Crippen molar-refractivity contribution in [2.75, 3.05) is 7.05 Å². The quantitative estimate of drug-likeness (QED) is 0.699. The minimum atomic E-state index is -1.28. The number of rotatable bonds is 3. The van der Waals surface area contributed by atoms with Gasteiger partial charge in [0.2, 0.25) is 5.91 Å². The second kappa shape index (κ2) is 5.74. The highest BCUT2D eigenvalue weighted by atomic mass is 32.1. The topological polar surface area (TPSA) is 70.0 Å². The van der Waals surface area contributed by atoms with Crippen LogP contribution >= 0.6 is 11.3 Å². The van der Waals surface area contributed by atoms with Gasteiger partial charge in [-0.3, -0.25) is 9.59 Å². The van der Waals surface area contributed by atoms with E-state index in [1.165, 1.54) is 23.9 Å². The monoisotopic (exact) mass is 310 g/mol. The fourth-order valence-electron chi connectivity index (χ4n) is 2.72. The lowest BCUT2D eigenvalue weighted by atomic mass is 9.91. The van der Waals surface area contributed by atoms with Crippen molar-refractivity contribution in [3.05, 3.63) is 46.3 Å². The zero-order valence-electron chi connectivity index (χ0n) is 12.1. The summed E-state index contributed by atoms with van der Waals surface area (Å²) in [5, 5.41) is 11.5. The van der Waals surface area contributed by atoms with E-state index in [-0.39, 0.29) is 0 Å². The Kier molecular flexibility index (Phi) is 3.78. The van der Waals surface area contributed by atoms with Crippen molar-refractivity contribution in [2.24, 2.45) is 5.92 Å². The highest BCUT2D eigenvalue weighted by molar-refractivity contribution is 7.17. The van der Waals surface area contributed by atoms with Crippen LogP contribution in [0.2, 0.25) is 0 Å². The molecule has 3 rings (SSSR count). The summed E-state index contributed by atoms with van der Waals surface area (Å²) in [6, 6.07) is 11.8. The van der Waals surface area contributed by atoms with E-state index in [0.717, 1.165) is 28.8 Å². The summed E-state index contributed by atoms with van der Waals surface area (Å²) in [7, 11) is 1.43. The smallest absolute Gasteiger partial charge is 0.245 e. The Hall–Kier alpha value is -2.45. The highest BCUT2D eigenvalue weighted by Gasteiger charge is 2.30. The van der Waals surface area contributed by atoms with Crippen LogP contribution in [0.1, 0.15) is 20.8 Å². The Morgan fingerprint density at radius 2 is 2.00 bits per heavy atom. The average molecular weight is 310 g/mol. The molecule has 0 saturated carbocycles. The minimum absolute atomic E-state index is 0.418. The van der Waals surface area contributed by atoms with E-state index in [9.17, 15) is 9.59 Å². The Balaban J connectivity index is 2.00. The zero-order valence-corrected chi connectivity index (χ0v) is 12.9. The average Bonchev–Trinajstić information content (AvgIpc) is 2.99. The summed E-state index contributed by atoms with van der Waals surface area (Å²) in [4.78, 5) is 25.6. The Bertz CT molecular complexity index is 801. The first-order valence-corrected chi connectivity index (χ1v) is 7.83. The van der Waals surface area contributed by atoms with Crippen molar-refractivity contribution in [3.63, 3.8) is 0 Å². The van der Waals surface area contributed by atoms with E-state index in [1.807, 2.05) is 18.2 Å². The first kappa shape index (κ1) is 14.5. The molecular weight excluding hydrogens is 296 g/mol. The zero-order chi connectivity index (χ0) is 15.7. The maximum atomic E-state index is 12.4. The predicted octanol–water partition coefficient (Wildman–Crippen LogP) is 2.58. The van der Waals surface area contributed by atoms with Gasteiger partial charge >= 0.3 is 0 Å². The van der Waals surface area contributed by atoms with Gasteiger partial charge in [-0.15, -0.1) is 11.3 Å². The van der Waals surface area contributed by atoms with Crippen molar-refractivity contribution in [2.45, 2.75) is 12.8 Å². The molecule has 1 amide bonds. The molecule has 1 unspecified atom stereocenters. The Morgan fingerprint density at radius 3 is 2.73 bits per heavy atom. The molecule has 0 radical (unpaired) electrons. The van der Waals surface area contributed by atoms with Gasteiger partial charge in [0.15, 0.2) is 11.7 Å². The van der Waals surface area contributed by atoms with Crippen LogP contribution in [0.3, 0.4) is 0 Å². The number of aryl methyl sites for hydroxylation is 2. The molecule has 110 valence electrons. The van der Waals surface area contributed by atoms with Crippen LogP contribution in [0.4, 0.5) is 0 Å². The van der Waals surface area contributed by atoms with E-state index in [0.29, 0.717) is 4.88 Å². The van der Waals surface area contributed by atoms with E-state index >= 15 is 0 Å². The molecule has 1 N–H and O–H groups in total. The van der Waals surface area contributed by atoms with Crippen LogP contribution in [-0.2, 0) is 17.6 Å². The second-order valence-electron chi connectivity index (χ2n) is 5.16. The number of carbonyl (C=O) groups excluding carboxylic acids is 2. The molecule has 4 nitrogen and oxygen atoms in total. The molecule has 0 spiro atoms. The van der Waals surface area contributed by atoms with Crippen molar-refractivity contribution < 1.29 is 9.59 Å². The maximum absolute atomic E-state index is 12.4. The fraction of sp³-hybridized carbons (Fsp3) is 0.235. The van der Waals surface area contributed by atoms with Crippen LogP contribution in [-0.4, -0.2) is 18.7 Å². The Labute approximate surface area is 132 Å². The van der Waals surface area contributed by atoms with E-state index in [1.54, 1.807) is 6.07 Å². The van der Waals surface area contributed by atoms with Crippen molar-refractivity contribution in [1.29, 1.82) is 5.26 Å². The highest BCUT2D eigenvalue weighted by Crippen LogP contribution is 2.40. The van der Waals surface area contributed by atoms with Crippen LogP contribution in [0.15, 0.2) is 30.3 Å². The maximum Gasteiger partial charge on any atom is 0.245 e. The molecule has 0 bridgehead atoms. The van der Waals surface area contributed by atoms with Crippen molar-refractivity contribution >= 4 is 23.0 Å². The SMILES string of the molecule is CNC(=O)C(C#N)C(=O)c1cc2c(s1)-c1ccccc1CC2. The number of hydrogen-bond acceptors (Lipinski definition) is 4. The molecule has 1 aliphatic carbocycles. The largest absolute Gasteiger partial charge is 0.358 e. The van der Waals surface area contributed by atoms with Crippen molar-refractivity contribution in [3.8, 4) is 16.5 Å². The molecule has 1 aromatic heterocycles. The third-order valence-corrected chi connectivity index (χ3v) is 5.10. The van der Waals surface area contributed by atoms with Gasteiger partial charge in [0.25, 0.3) is 0 Å². The lowest BCUT2D eigenvalue weighted by Crippen LogP contribution is -2.31. The molecule has 22 heavy (non-hydrogen) atoms. The summed E-state index contributed by atoms with van der Waals surface area (Å²) in [5.74, 6) is -2.25. The number of nitriles is 1. The first-order chi connectivity index (χ1) is 10.7. The second-order valence-corrected chi connectivity index (χ2v) is 6.21. The predicted molar refractivity (Wildman–Crippen MR) is 84.7 cm³/mol. The number of fused-ring (bicyclic) bond motifs is 3. The van der Waals surface area contributed by atoms with Crippen LogP contribution < -0.4 is 5.32 Å². The third kappa shape index (κ3) is 2.32. The van der Waals surface area contributed by atoms with Gasteiger partial charge in [0.1, 0.15) is 0 Å². The number of carbonyl (C=O) groups is 2. The molecule has 1 heterocycles. The number of Topliss-reactive ketones (excluding diaryl/α,β-unsaturated/α-hetero) is 1. The Morgan fingerprint density at radius 1 is 1.27 bits per heavy atom. The number of thiophene rings is 1. The molecule has 1 aromatic carbocycles. The minimum Gasteiger partial charge on any atom is -0.358 e. The van der Waals surface area contributed by atoms with Crippen LogP contribution in [0.25, 0.3) is 10.4 Å². The molecule has 2 aromatic rings. The molecule has 1 atom stereocenters. The molecule has 0 aliphatic heterocycles. The van der Waals surface area contributed by atoms with Gasteiger partial charge in [0.05, 0.1) is 10.9 Å². The lowest BCUT2D eigenvalue weighted by molar-refractivity contribution is -0.121. The normalized spacial score (nSPS) is 13.5. The van der Waals surface area contributed by atoms with Crippen LogP contribution in [0.5, 0.6) is 0 Å². The standard InChI is InChI=1S/C17H14N2O2S/c1-19-17(21)13(9-18)15(20)14-8-11-7-6-10-4-2-3-5-12(10)16(11)22-14/h2-5,8,13H,6-7H2,1H3,(H,19,21). The third-order valence-electron chi connectivity index (χ3n) is 3.88. The fourth-order valence-corrected chi connectivity index (χ4v) is 3.96. The number of benzene rings is 1. The summed E-state index contributed by atoms with van der Waals surface area (Å²) >= 11 is 1.38. The van der Waals surface area contributed by atoms with E-state index < -0.39 is 17.6 Å². The van der Waals surface area contributed by atoms with Gasteiger partial charge in [0, 0.05) is 11.9 Å². The summed E-state index contributed by atoms with van der Waals surface area (Å²) in [6.07, 6.45) is 1.83. The molecule has 5 heteroatoms. The summed E-state index contributed by atoms with van der Waals surface area (Å²) in [5.41, 5.74) is 3.56. The lowest BCUT2D eigenvalue weighted by Gasteiger charge is -2.15. The molecule has 0 saturated heterocycles. The number of ketones is 1. The van der Waals surface area contributed by atoms with Gasteiger partial charge < -0.3 is 5.32 Å². The van der Waals surface area contributed by atoms with E-state index in [2.05, 4.69) is 17.4 Å². The summed E-state index contributed by atoms with van der Waals surface area (Å²) < 4.78 is 0. The molecule has 0 fully saturated rings. The molecular formula is C17H14N2O2S. The van der Waals surface area contributed by atoms with Gasteiger partial charge in [-0.1, -0.05) is 24.3 Å². The number of nitrogens with one attached hydrogen (secondary N) is 1. The summed E-state index contributed by atoms with van der Waals surface area (Å²) in [6.45, 7) is 0. The molecule has 1 aliphatic rings. The van der Waals surface area contributed by atoms with E-state index in [4.69, 9.17) is 5.26 Å². The number of hydrogen-bond donors (Lipinski definition) is 1. The number of nitrogens with zero attached hydrogens (tertiary/aromatic N) is 1. The van der Waals surface area contributed by atoms with Gasteiger partial charge in [-0.05, 0) is 35.6 Å². The van der Waals surface area contributed by atoms with Gasteiger partial charge in [-0.2, -0.15) is 5.26 Å². The van der Waals surface area contributed by atoms with Crippen LogP contribution in [0, 0.1) is 17.2 Å². The first-order valence-electron chi connectivity index (χ1n) is 7.02. The number of amides is 1. The van der Waals surface area contributed by atoms with Crippen molar-refractivity contribution in [1.82, 2.24) is 5.32 Å².